The Kier molecular flexibility index (Phi) is 4.72. The summed E-state index contributed by atoms with van der Waals surface area (Å²) in [6, 6.07) is 20.5. The Morgan fingerprint density at radius 3 is 2.22 bits per heavy atom. The Hall–Kier alpha value is -2.61. The van der Waals surface area contributed by atoms with Gasteiger partial charge in [0.15, 0.2) is 0 Å². The number of nitrogens with zero attached hydrogens (tertiary/aromatic N) is 1. The summed E-state index contributed by atoms with van der Waals surface area (Å²) < 4.78 is 0. The topological polar surface area (TPSA) is 24.4 Å². The predicted octanol–water partition coefficient (Wildman–Crippen LogP) is 5.42. The molecule has 0 spiro atoms. The SMILES string of the molecule is CC1=CC(CC(=NNc2ccccc2)c2ccccc2)C(C)=C1. The molecule has 0 aromatic heterocycles. The summed E-state index contributed by atoms with van der Waals surface area (Å²) >= 11 is 0. The van der Waals surface area contributed by atoms with Crippen LogP contribution in [0, 0.1) is 5.92 Å². The second-order valence-electron chi connectivity index (χ2n) is 6.01. The van der Waals surface area contributed by atoms with Gasteiger partial charge in [-0.1, -0.05) is 71.8 Å². The van der Waals surface area contributed by atoms with E-state index in [4.69, 9.17) is 5.10 Å². The Balaban J connectivity index is 1.84. The van der Waals surface area contributed by atoms with Crippen LogP contribution in [-0.4, -0.2) is 5.71 Å². The van der Waals surface area contributed by atoms with Gasteiger partial charge in [-0.3, -0.25) is 5.43 Å². The standard InChI is InChI=1S/C21H22N2/c1-16-13-17(2)19(14-16)15-21(18-9-5-3-6-10-18)23-22-20-11-7-4-8-12-20/h3-14,19,22H,15H2,1-2H3. The lowest BCUT2D eigenvalue weighted by Crippen LogP contribution is -2.10. The third-order valence-electron chi connectivity index (χ3n) is 4.12. The van der Waals surface area contributed by atoms with Crippen molar-refractivity contribution >= 4 is 11.4 Å². The van der Waals surface area contributed by atoms with Crippen molar-refractivity contribution in [3.8, 4) is 0 Å². The minimum Gasteiger partial charge on any atom is -0.278 e. The molecule has 23 heavy (non-hydrogen) atoms. The smallest absolute Gasteiger partial charge is 0.0688 e. The van der Waals surface area contributed by atoms with Crippen LogP contribution in [-0.2, 0) is 0 Å². The number of hydrogen-bond donors (Lipinski definition) is 1. The first kappa shape index (κ1) is 15.3. The molecule has 2 aromatic carbocycles. The maximum atomic E-state index is 4.70. The highest BCUT2D eigenvalue weighted by atomic mass is 15.3. The maximum absolute atomic E-state index is 4.70. The van der Waals surface area contributed by atoms with Crippen molar-refractivity contribution < 1.29 is 0 Å². The second kappa shape index (κ2) is 7.10. The number of allylic oxidation sites excluding steroid dienone is 4. The number of rotatable bonds is 5. The second-order valence-corrected chi connectivity index (χ2v) is 6.01. The van der Waals surface area contributed by atoms with Gasteiger partial charge in [0.1, 0.15) is 0 Å². The minimum absolute atomic E-state index is 0.437. The number of hydrazone groups is 1. The van der Waals surface area contributed by atoms with Gasteiger partial charge >= 0.3 is 0 Å². The van der Waals surface area contributed by atoms with Crippen LogP contribution in [0.3, 0.4) is 0 Å². The molecule has 3 rings (SSSR count). The Labute approximate surface area is 138 Å². The van der Waals surface area contributed by atoms with Gasteiger partial charge in [-0.2, -0.15) is 5.10 Å². The lowest BCUT2D eigenvalue weighted by molar-refractivity contribution is 0.812. The van der Waals surface area contributed by atoms with Crippen LogP contribution in [0.25, 0.3) is 0 Å². The number of para-hydroxylation sites is 1. The molecule has 2 aromatic rings. The fraction of sp³-hybridized carbons (Fsp3) is 0.190. The van der Waals surface area contributed by atoms with E-state index in [2.05, 4.69) is 55.7 Å². The van der Waals surface area contributed by atoms with Crippen LogP contribution in [0.2, 0.25) is 0 Å². The van der Waals surface area contributed by atoms with E-state index < -0.39 is 0 Å². The average molecular weight is 302 g/mol. The van der Waals surface area contributed by atoms with E-state index >= 15 is 0 Å². The lowest BCUT2D eigenvalue weighted by atomic mass is 9.94. The van der Waals surface area contributed by atoms with Gasteiger partial charge in [-0.25, -0.2) is 0 Å². The molecule has 0 amide bonds. The third kappa shape index (κ3) is 3.98. The largest absolute Gasteiger partial charge is 0.278 e. The summed E-state index contributed by atoms with van der Waals surface area (Å²) in [7, 11) is 0. The van der Waals surface area contributed by atoms with Gasteiger partial charge in [-0.05, 0) is 31.5 Å². The molecule has 0 fully saturated rings. The highest BCUT2D eigenvalue weighted by Gasteiger charge is 2.17. The van der Waals surface area contributed by atoms with E-state index in [9.17, 15) is 0 Å². The Morgan fingerprint density at radius 2 is 1.61 bits per heavy atom. The zero-order valence-electron chi connectivity index (χ0n) is 13.7. The van der Waals surface area contributed by atoms with E-state index in [-0.39, 0.29) is 0 Å². The molecular weight excluding hydrogens is 280 g/mol. The number of anilines is 1. The third-order valence-corrected chi connectivity index (χ3v) is 4.12. The fourth-order valence-electron chi connectivity index (χ4n) is 2.89. The number of hydrogen-bond acceptors (Lipinski definition) is 2. The summed E-state index contributed by atoms with van der Waals surface area (Å²) in [6.07, 6.45) is 5.50. The first-order valence-corrected chi connectivity index (χ1v) is 8.02. The van der Waals surface area contributed by atoms with Crippen molar-refractivity contribution in [2.45, 2.75) is 20.3 Å². The monoisotopic (exact) mass is 302 g/mol. The van der Waals surface area contributed by atoms with Crippen LogP contribution < -0.4 is 5.43 Å². The van der Waals surface area contributed by atoms with E-state index in [1.165, 1.54) is 16.7 Å². The summed E-state index contributed by atoms with van der Waals surface area (Å²) in [5.74, 6) is 0.437. The van der Waals surface area contributed by atoms with Gasteiger partial charge < -0.3 is 0 Å². The molecule has 0 heterocycles. The quantitative estimate of drug-likeness (QED) is 0.579. The molecule has 116 valence electrons. The average Bonchev–Trinajstić information content (AvgIpc) is 2.90. The molecule has 1 aliphatic rings. The van der Waals surface area contributed by atoms with Crippen molar-refractivity contribution in [2.24, 2.45) is 11.0 Å². The Morgan fingerprint density at radius 1 is 0.957 bits per heavy atom. The van der Waals surface area contributed by atoms with Crippen LogP contribution in [0.15, 0.2) is 89.1 Å². The van der Waals surface area contributed by atoms with Gasteiger partial charge in [0.25, 0.3) is 0 Å². The fourth-order valence-corrected chi connectivity index (χ4v) is 2.89. The van der Waals surface area contributed by atoms with Crippen LogP contribution >= 0.6 is 0 Å². The molecular formula is C21H22N2. The van der Waals surface area contributed by atoms with Gasteiger partial charge in [0.05, 0.1) is 11.4 Å². The highest BCUT2D eigenvalue weighted by Crippen LogP contribution is 2.28. The molecule has 1 atom stereocenters. The van der Waals surface area contributed by atoms with E-state index in [0.29, 0.717) is 5.92 Å². The molecule has 2 heteroatoms. The molecule has 0 saturated heterocycles. The zero-order valence-corrected chi connectivity index (χ0v) is 13.7. The normalized spacial score (nSPS) is 17.7. The van der Waals surface area contributed by atoms with Gasteiger partial charge in [-0.15, -0.1) is 0 Å². The van der Waals surface area contributed by atoms with Crippen molar-refractivity contribution in [3.63, 3.8) is 0 Å². The van der Waals surface area contributed by atoms with Gasteiger partial charge in [0, 0.05) is 12.3 Å². The molecule has 2 nitrogen and oxygen atoms in total. The van der Waals surface area contributed by atoms with E-state index in [0.717, 1.165) is 17.8 Å². The number of nitrogens with one attached hydrogen (secondary N) is 1. The molecule has 1 aliphatic carbocycles. The molecule has 0 radical (unpaired) electrons. The molecule has 1 unspecified atom stereocenters. The summed E-state index contributed by atoms with van der Waals surface area (Å²) in [6.45, 7) is 4.36. The van der Waals surface area contributed by atoms with Crippen molar-refractivity contribution in [1.82, 2.24) is 0 Å². The maximum Gasteiger partial charge on any atom is 0.0688 e. The summed E-state index contributed by atoms with van der Waals surface area (Å²) in [5.41, 5.74) is 9.20. The first-order chi connectivity index (χ1) is 11.2. The van der Waals surface area contributed by atoms with Crippen molar-refractivity contribution in [2.75, 3.05) is 5.43 Å². The van der Waals surface area contributed by atoms with Crippen LogP contribution in [0.4, 0.5) is 5.69 Å². The summed E-state index contributed by atoms with van der Waals surface area (Å²) in [4.78, 5) is 0. The van der Waals surface area contributed by atoms with Crippen LogP contribution in [0.5, 0.6) is 0 Å². The van der Waals surface area contributed by atoms with Gasteiger partial charge in [0.2, 0.25) is 0 Å². The molecule has 0 aliphatic heterocycles. The zero-order chi connectivity index (χ0) is 16.1. The highest BCUT2D eigenvalue weighted by molar-refractivity contribution is 6.01. The van der Waals surface area contributed by atoms with E-state index in [1.54, 1.807) is 0 Å². The van der Waals surface area contributed by atoms with Crippen molar-refractivity contribution in [3.05, 3.63) is 89.5 Å². The molecule has 0 saturated carbocycles. The number of benzene rings is 2. The first-order valence-electron chi connectivity index (χ1n) is 8.02. The van der Waals surface area contributed by atoms with Crippen molar-refractivity contribution in [1.29, 1.82) is 0 Å². The summed E-state index contributed by atoms with van der Waals surface area (Å²) in [5, 5.41) is 4.70. The van der Waals surface area contributed by atoms with E-state index in [1.807, 2.05) is 36.4 Å². The van der Waals surface area contributed by atoms with Crippen LogP contribution in [0.1, 0.15) is 25.8 Å². The lowest BCUT2D eigenvalue weighted by Gasteiger charge is -2.13. The minimum atomic E-state index is 0.437. The molecule has 1 N–H and O–H groups in total. The predicted molar refractivity (Wildman–Crippen MR) is 98.7 cm³/mol. The Bertz CT molecular complexity index is 740. The molecule has 0 bridgehead atoms.